The lowest BCUT2D eigenvalue weighted by Crippen LogP contribution is -2.25. The van der Waals surface area contributed by atoms with Gasteiger partial charge in [-0.05, 0) is 58.6 Å². The van der Waals surface area contributed by atoms with Gasteiger partial charge in [0.25, 0.3) is 20.0 Å². The van der Waals surface area contributed by atoms with Gasteiger partial charge >= 0.3 is 0 Å². The van der Waals surface area contributed by atoms with Crippen molar-refractivity contribution in [2.75, 3.05) is 12.3 Å². The van der Waals surface area contributed by atoms with E-state index >= 15 is 0 Å². The van der Waals surface area contributed by atoms with E-state index in [0.717, 1.165) is 21.8 Å². The molecule has 0 amide bonds. The standard InChI is InChI=1S/C22H21N7O4S3/c23-25-27-35(30,31)21-10-6-18(7-11-21)16-29(14-15-34-20-4-2-1-3-5-20)17-19-8-12-22(13-9-19)36(32,33)28-26-24/h1-13H,14-17H2. The molecule has 0 fully saturated rings. The molecule has 186 valence electrons. The van der Waals surface area contributed by atoms with E-state index in [1.807, 2.05) is 30.3 Å². The number of sulfonamides is 2. The summed E-state index contributed by atoms with van der Waals surface area (Å²) in [6.07, 6.45) is 0. The molecule has 0 aliphatic carbocycles. The first-order valence-corrected chi connectivity index (χ1v) is 14.3. The van der Waals surface area contributed by atoms with Crippen molar-refractivity contribution in [2.24, 2.45) is 9.04 Å². The molecule has 0 heterocycles. The lowest BCUT2D eigenvalue weighted by molar-refractivity contribution is 0.274. The van der Waals surface area contributed by atoms with Crippen molar-refractivity contribution >= 4 is 31.8 Å². The molecule has 11 nitrogen and oxygen atoms in total. The van der Waals surface area contributed by atoms with Gasteiger partial charge in [0, 0.05) is 49.1 Å². The molecule has 3 aromatic carbocycles. The lowest BCUT2D eigenvalue weighted by Gasteiger charge is -2.23. The van der Waals surface area contributed by atoms with Gasteiger partial charge in [0.05, 0.1) is 9.79 Å². The van der Waals surface area contributed by atoms with E-state index in [2.05, 4.69) is 23.8 Å². The highest BCUT2D eigenvalue weighted by molar-refractivity contribution is 7.99. The van der Waals surface area contributed by atoms with Crippen molar-refractivity contribution in [1.29, 1.82) is 0 Å². The van der Waals surface area contributed by atoms with E-state index in [1.165, 1.54) is 24.3 Å². The van der Waals surface area contributed by atoms with E-state index in [1.54, 1.807) is 36.0 Å². The molecular weight excluding hydrogens is 522 g/mol. The molecule has 0 saturated heterocycles. The van der Waals surface area contributed by atoms with Crippen LogP contribution in [0.4, 0.5) is 0 Å². The number of nitrogens with zero attached hydrogens (tertiary/aromatic N) is 7. The van der Waals surface area contributed by atoms with E-state index in [9.17, 15) is 16.8 Å². The molecule has 0 radical (unpaired) electrons. The van der Waals surface area contributed by atoms with Crippen LogP contribution in [-0.2, 0) is 33.1 Å². The van der Waals surface area contributed by atoms with Crippen LogP contribution in [0.15, 0.2) is 103 Å². The van der Waals surface area contributed by atoms with Gasteiger partial charge in [-0.1, -0.05) is 42.5 Å². The fourth-order valence-electron chi connectivity index (χ4n) is 3.26. The quantitative estimate of drug-likeness (QED) is 0.127. The summed E-state index contributed by atoms with van der Waals surface area (Å²) in [5, 5.41) is 0. The fourth-order valence-corrected chi connectivity index (χ4v) is 5.54. The summed E-state index contributed by atoms with van der Waals surface area (Å²) in [5.41, 5.74) is 18.6. The van der Waals surface area contributed by atoms with E-state index in [4.69, 9.17) is 11.1 Å². The Morgan fingerprint density at radius 2 is 1.14 bits per heavy atom. The first-order valence-electron chi connectivity index (χ1n) is 10.4. The van der Waals surface area contributed by atoms with Gasteiger partial charge in [0.1, 0.15) is 0 Å². The molecule has 3 rings (SSSR count). The zero-order valence-electron chi connectivity index (χ0n) is 18.8. The Bertz CT molecular complexity index is 1390. The van der Waals surface area contributed by atoms with Crippen LogP contribution in [0.2, 0.25) is 0 Å². The van der Waals surface area contributed by atoms with Crippen LogP contribution in [-0.4, -0.2) is 34.0 Å². The van der Waals surface area contributed by atoms with Crippen LogP contribution < -0.4 is 0 Å². The second-order valence-electron chi connectivity index (χ2n) is 7.45. The Hall–Kier alpha value is -3.51. The average molecular weight is 544 g/mol. The third kappa shape index (κ3) is 7.75. The van der Waals surface area contributed by atoms with E-state index in [0.29, 0.717) is 19.6 Å². The SMILES string of the molecule is [N-]=[N+]=NS(=O)(=O)c1ccc(CN(CCSc2ccccc2)Cc2ccc(S(=O)(=O)N=[N+]=[N-])cc2)cc1. The van der Waals surface area contributed by atoms with Gasteiger partial charge in [-0.15, -0.1) is 11.8 Å². The van der Waals surface area contributed by atoms with Crippen molar-refractivity contribution in [3.8, 4) is 0 Å². The van der Waals surface area contributed by atoms with E-state index in [-0.39, 0.29) is 9.79 Å². The number of thioether (sulfide) groups is 1. The van der Waals surface area contributed by atoms with Crippen LogP contribution in [0.1, 0.15) is 11.1 Å². The Balaban J connectivity index is 1.76. The minimum atomic E-state index is -4.06. The van der Waals surface area contributed by atoms with Crippen molar-refractivity contribution in [1.82, 2.24) is 4.90 Å². The maximum Gasteiger partial charge on any atom is 0.264 e. The first-order chi connectivity index (χ1) is 17.2. The van der Waals surface area contributed by atoms with Crippen LogP contribution in [0.5, 0.6) is 0 Å². The zero-order valence-corrected chi connectivity index (χ0v) is 21.3. The number of rotatable bonds is 12. The molecular formula is C22H21N7O4S3. The van der Waals surface area contributed by atoms with E-state index < -0.39 is 20.0 Å². The Morgan fingerprint density at radius 3 is 1.56 bits per heavy atom. The van der Waals surface area contributed by atoms with Crippen LogP contribution in [0, 0.1) is 0 Å². The highest BCUT2D eigenvalue weighted by atomic mass is 32.2. The monoisotopic (exact) mass is 543 g/mol. The lowest BCUT2D eigenvalue weighted by atomic mass is 10.1. The normalized spacial score (nSPS) is 11.5. The number of azide groups is 2. The summed E-state index contributed by atoms with van der Waals surface area (Å²) in [5.74, 6) is 0.788. The van der Waals surface area contributed by atoms with Crippen molar-refractivity contribution in [2.45, 2.75) is 27.8 Å². The molecule has 0 N–H and O–H groups in total. The largest absolute Gasteiger partial charge is 0.294 e. The molecule has 36 heavy (non-hydrogen) atoms. The van der Waals surface area contributed by atoms with Crippen molar-refractivity contribution in [3.63, 3.8) is 0 Å². The molecule has 0 saturated carbocycles. The topological polar surface area (TPSA) is 169 Å². The minimum absolute atomic E-state index is 0.0907. The zero-order chi connectivity index (χ0) is 26.0. The summed E-state index contributed by atoms with van der Waals surface area (Å²) < 4.78 is 53.4. The van der Waals surface area contributed by atoms with Crippen LogP contribution in [0.25, 0.3) is 20.9 Å². The highest BCUT2D eigenvalue weighted by Gasteiger charge is 2.15. The third-order valence-corrected chi connectivity index (χ3v) is 8.27. The van der Waals surface area contributed by atoms with Crippen molar-refractivity contribution < 1.29 is 16.8 Å². The molecule has 0 aromatic heterocycles. The van der Waals surface area contributed by atoms with Crippen LogP contribution >= 0.6 is 11.8 Å². The Morgan fingerprint density at radius 1 is 0.694 bits per heavy atom. The van der Waals surface area contributed by atoms with Gasteiger partial charge in [-0.25, -0.2) is 16.8 Å². The highest BCUT2D eigenvalue weighted by Crippen LogP contribution is 2.21. The fraction of sp³-hybridized carbons (Fsp3) is 0.182. The predicted octanol–water partition coefficient (Wildman–Crippen LogP) is 5.48. The predicted molar refractivity (Wildman–Crippen MR) is 137 cm³/mol. The number of benzene rings is 3. The molecule has 0 aliphatic rings. The van der Waals surface area contributed by atoms with Gasteiger partial charge in [0.2, 0.25) is 0 Å². The first kappa shape index (κ1) is 27.1. The molecule has 0 aliphatic heterocycles. The van der Waals surface area contributed by atoms with Gasteiger partial charge in [-0.3, -0.25) is 4.90 Å². The summed E-state index contributed by atoms with van der Waals surface area (Å²) in [7, 11) is -8.11. The Kier molecular flexibility index (Phi) is 9.37. The third-order valence-electron chi connectivity index (χ3n) is 4.96. The molecule has 0 atom stereocenters. The Labute approximate surface area is 213 Å². The summed E-state index contributed by atoms with van der Waals surface area (Å²) >= 11 is 1.70. The minimum Gasteiger partial charge on any atom is -0.294 e. The molecule has 3 aromatic rings. The molecule has 0 bridgehead atoms. The summed E-state index contributed by atoms with van der Waals surface area (Å²) in [6.45, 7) is 1.68. The summed E-state index contributed by atoms with van der Waals surface area (Å²) in [4.78, 5) is 7.81. The summed E-state index contributed by atoms with van der Waals surface area (Å²) in [6, 6.07) is 22.2. The molecule has 0 spiro atoms. The van der Waals surface area contributed by atoms with Crippen LogP contribution in [0.3, 0.4) is 0 Å². The second-order valence-corrected chi connectivity index (χ2v) is 11.8. The smallest absolute Gasteiger partial charge is 0.264 e. The maximum absolute atomic E-state index is 11.9. The molecule has 14 heteroatoms. The van der Waals surface area contributed by atoms with Gasteiger partial charge < -0.3 is 0 Å². The van der Waals surface area contributed by atoms with Crippen molar-refractivity contribution in [3.05, 3.63) is 111 Å². The average Bonchev–Trinajstić information content (AvgIpc) is 2.85. The van der Waals surface area contributed by atoms with Gasteiger partial charge in [-0.2, -0.15) is 0 Å². The van der Waals surface area contributed by atoms with Gasteiger partial charge in [0.15, 0.2) is 0 Å². The maximum atomic E-state index is 11.9. The number of hydrogen-bond acceptors (Lipinski definition) is 6. The molecule has 0 unspecified atom stereocenters. The number of hydrogen-bond donors (Lipinski definition) is 0. The second kappa shape index (κ2) is 12.5.